The highest BCUT2D eigenvalue weighted by Crippen LogP contribution is 2.60. The Morgan fingerprint density at radius 3 is 2.74 bits per heavy atom. The number of fused-ring (bicyclic) bond motifs is 2. The number of rotatable bonds is 5. The van der Waals surface area contributed by atoms with Gasteiger partial charge in [-0.05, 0) is 68.6 Å². The fraction of sp³-hybridized carbons (Fsp3) is 0.867. The summed E-state index contributed by atoms with van der Waals surface area (Å²) in [4.78, 5) is 10.6. The third kappa shape index (κ3) is 3.10. The standard InChI is InChI=1S/C15H27N3O/c1-10(17-18-14(16)19)5-4-6-13-11-7-8-12(9-11)15(13,2)3/h11-13H,4-9H2,1-3H3,(H3,16,18,19)/b17-10+/t11-,12+,13-/m1/s1. The molecule has 2 aliphatic carbocycles. The van der Waals surface area contributed by atoms with Crippen LogP contribution in [0.2, 0.25) is 0 Å². The summed E-state index contributed by atoms with van der Waals surface area (Å²) in [7, 11) is 0. The smallest absolute Gasteiger partial charge is 0.332 e. The van der Waals surface area contributed by atoms with Crippen molar-refractivity contribution < 1.29 is 4.79 Å². The van der Waals surface area contributed by atoms with E-state index in [1.54, 1.807) is 0 Å². The van der Waals surface area contributed by atoms with E-state index >= 15 is 0 Å². The topological polar surface area (TPSA) is 67.5 Å². The molecule has 0 aromatic heterocycles. The predicted octanol–water partition coefficient (Wildman–Crippen LogP) is 3.27. The molecule has 0 spiro atoms. The maximum absolute atomic E-state index is 10.6. The lowest BCUT2D eigenvalue weighted by molar-refractivity contribution is 0.113. The van der Waals surface area contributed by atoms with Crippen LogP contribution < -0.4 is 11.2 Å². The Morgan fingerprint density at radius 1 is 1.42 bits per heavy atom. The highest BCUT2D eigenvalue weighted by molar-refractivity contribution is 5.83. The van der Waals surface area contributed by atoms with Crippen LogP contribution in [0.15, 0.2) is 5.10 Å². The number of amides is 2. The summed E-state index contributed by atoms with van der Waals surface area (Å²) in [5, 5.41) is 3.96. The van der Waals surface area contributed by atoms with Crippen molar-refractivity contribution in [3.05, 3.63) is 0 Å². The number of nitrogens with two attached hydrogens (primary N) is 1. The van der Waals surface area contributed by atoms with Crippen LogP contribution >= 0.6 is 0 Å². The highest BCUT2D eigenvalue weighted by Gasteiger charge is 2.51. The molecule has 2 aliphatic rings. The van der Waals surface area contributed by atoms with E-state index in [4.69, 9.17) is 5.73 Å². The summed E-state index contributed by atoms with van der Waals surface area (Å²) in [6.07, 6.45) is 7.73. The largest absolute Gasteiger partial charge is 0.350 e. The first-order valence-corrected chi connectivity index (χ1v) is 7.50. The van der Waals surface area contributed by atoms with Crippen molar-refractivity contribution in [1.82, 2.24) is 5.43 Å². The number of urea groups is 1. The Kier molecular flexibility index (Phi) is 4.16. The minimum Gasteiger partial charge on any atom is -0.350 e. The van der Waals surface area contributed by atoms with Gasteiger partial charge in [0.15, 0.2) is 0 Å². The number of nitrogens with one attached hydrogen (secondary N) is 1. The number of nitrogens with zero attached hydrogens (tertiary/aromatic N) is 1. The van der Waals surface area contributed by atoms with Gasteiger partial charge in [-0.25, -0.2) is 10.2 Å². The summed E-state index contributed by atoms with van der Waals surface area (Å²) >= 11 is 0. The van der Waals surface area contributed by atoms with Crippen LogP contribution in [0.3, 0.4) is 0 Å². The Bertz CT molecular complexity index is 376. The molecule has 0 heterocycles. The van der Waals surface area contributed by atoms with Gasteiger partial charge in [0.2, 0.25) is 0 Å². The summed E-state index contributed by atoms with van der Waals surface area (Å²) in [6, 6.07) is -0.589. The number of carbonyl (C=O) groups is 1. The lowest BCUT2D eigenvalue weighted by atomic mass is 9.67. The second-order valence-corrected chi connectivity index (χ2v) is 6.91. The fourth-order valence-electron chi connectivity index (χ4n) is 4.36. The molecule has 108 valence electrons. The molecule has 2 amide bonds. The third-order valence-corrected chi connectivity index (χ3v) is 5.46. The van der Waals surface area contributed by atoms with Crippen molar-refractivity contribution in [3.8, 4) is 0 Å². The molecular formula is C15H27N3O. The van der Waals surface area contributed by atoms with Crippen molar-refractivity contribution in [3.63, 3.8) is 0 Å². The molecule has 2 rings (SSSR count). The first-order valence-electron chi connectivity index (χ1n) is 7.50. The second-order valence-electron chi connectivity index (χ2n) is 6.91. The summed E-state index contributed by atoms with van der Waals surface area (Å²) in [5.74, 6) is 2.79. The van der Waals surface area contributed by atoms with Gasteiger partial charge in [0.1, 0.15) is 0 Å². The molecule has 0 aliphatic heterocycles. The lowest BCUT2D eigenvalue weighted by Crippen LogP contribution is -2.30. The van der Waals surface area contributed by atoms with Crippen LogP contribution in [-0.4, -0.2) is 11.7 Å². The third-order valence-electron chi connectivity index (χ3n) is 5.46. The Morgan fingerprint density at radius 2 is 2.16 bits per heavy atom. The number of hydrogen-bond acceptors (Lipinski definition) is 2. The minimum atomic E-state index is -0.589. The molecule has 4 nitrogen and oxygen atoms in total. The van der Waals surface area contributed by atoms with Gasteiger partial charge in [0.25, 0.3) is 0 Å². The number of primary amides is 1. The van der Waals surface area contributed by atoms with E-state index < -0.39 is 6.03 Å². The van der Waals surface area contributed by atoms with E-state index in [2.05, 4.69) is 24.4 Å². The van der Waals surface area contributed by atoms with Gasteiger partial charge in [-0.15, -0.1) is 0 Å². The number of hydrogen-bond donors (Lipinski definition) is 2. The molecule has 0 aromatic carbocycles. The Balaban J connectivity index is 1.77. The van der Waals surface area contributed by atoms with E-state index in [-0.39, 0.29) is 0 Å². The molecule has 0 saturated heterocycles. The average molecular weight is 265 g/mol. The highest BCUT2D eigenvalue weighted by atomic mass is 16.2. The summed E-state index contributed by atoms with van der Waals surface area (Å²) < 4.78 is 0. The lowest BCUT2D eigenvalue weighted by Gasteiger charge is -2.38. The van der Waals surface area contributed by atoms with E-state index in [0.717, 1.165) is 36.3 Å². The molecule has 19 heavy (non-hydrogen) atoms. The van der Waals surface area contributed by atoms with Gasteiger partial charge in [0, 0.05) is 5.71 Å². The van der Waals surface area contributed by atoms with Crippen molar-refractivity contribution in [2.24, 2.45) is 34.0 Å². The van der Waals surface area contributed by atoms with Crippen LogP contribution in [0.25, 0.3) is 0 Å². The van der Waals surface area contributed by atoms with Gasteiger partial charge >= 0.3 is 6.03 Å². The van der Waals surface area contributed by atoms with Crippen LogP contribution in [-0.2, 0) is 0 Å². The molecule has 2 saturated carbocycles. The summed E-state index contributed by atoms with van der Waals surface area (Å²) in [5.41, 5.74) is 8.77. The SMILES string of the molecule is C/C(CCC[C@@H]1[C@@H]2CC[C@@H](C2)C1(C)C)=N\NC(N)=O. The molecule has 3 atom stereocenters. The molecule has 0 unspecified atom stereocenters. The first kappa shape index (κ1) is 14.4. The molecule has 2 bridgehead atoms. The zero-order valence-corrected chi connectivity index (χ0v) is 12.4. The van der Waals surface area contributed by atoms with Gasteiger partial charge in [-0.1, -0.05) is 13.8 Å². The molecule has 0 aromatic rings. The van der Waals surface area contributed by atoms with E-state index in [0.29, 0.717) is 5.41 Å². The maximum Gasteiger partial charge on any atom is 0.332 e. The van der Waals surface area contributed by atoms with Crippen LogP contribution in [0.4, 0.5) is 4.79 Å². The molecule has 0 radical (unpaired) electrons. The Hall–Kier alpha value is -1.06. The first-order chi connectivity index (χ1) is 8.91. The normalized spacial score (nSPS) is 32.6. The molecule has 3 N–H and O–H groups in total. The maximum atomic E-state index is 10.6. The zero-order valence-electron chi connectivity index (χ0n) is 12.4. The van der Waals surface area contributed by atoms with Crippen LogP contribution in [0.1, 0.15) is 59.3 Å². The van der Waals surface area contributed by atoms with Crippen molar-refractivity contribution in [2.45, 2.75) is 59.3 Å². The van der Waals surface area contributed by atoms with Crippen molar-refractivity contribution >= 4 is 11.7 Å². The van der Waals surface area contributed by atoms with E-state index in [1.165, 1.54) is 25.7 Å². The van der Waals surface area contributed by atoms with Crippen LogP contribution in [0, 0.1) is 23.2 Å². The van der Waals surface area contributed by atoms with Crippen LogP contribution in [0.5, 0.6) is 0 Å². The van der Waals surface area contributed by atoms with Crippen molar-refractivity contribution in [1.29, 1.82) is 0 Å². The van der Waals surface area contributed by atoms with Crippen molar-refractivity contribution in [2.75, 3.05) is 0 Å². The number of carbonyl (C=O) groups excluding carboxylic acids is 1. The van der Waals surface area contributed by atoms with E-state index in [9.17, 15) is 4.79 Å². The van der Waals surface area contributed by atoms with Gasteiger partial charge in [0.05, 0.1) is 0 Å². The van der Waals surface area contributed by atoms with Gasteiger partial charge < -0.3 is 5.73 Å². The fourth-order valence-corrected chi connectivity index (χ4v) is 4.36. The van der Waals surface area contributed by atoms with Gasteiger partial charge in [-0.2, -0.15) is 5.10 Å². The van der Waals surface area contributed by atoms with E-state index in [1.807, 2.05) is 6.92 Å². The average Bonchev–Trinajstić information content (AvgIpc) is 2.88. The molecule has 2 fully saturated rings. The molecular weight excluding hydrogens is 238 g/mol. The summed E-state index contributed by atoms with van der Waals surface area (Å²) in [6.45, 7) is 6.86. The second kappa shape index (κ2) is 5.51. The zero-order chi connectivity index (χ0) is 14.0. The molecule has 4 heteroatoms. The van der Waals surface area contributed by atoms with Gasteiger partial charge in [-0.3, -0.25) is 0 Å². The number of hydrazone groups is 1. The Labute approximate surface area is 116 Å². The predicted molar refractivity (Wildman–Crippen MR) is 77.8 cm³/mol. The monoisotopic (exact) mass is 265 g/mol. The quantitative estimate of drug-likeness (QED) is 0.581. The minimum absolute atomic E-state index is 0.527.